The zero-order chi connectivity index (χ0) is 16.5. The van der Waals surface area contributed by atoms with E-state index in [0.29, 0.717) is 0 Å². The minimum atomic E-state index is -5.95. The SMILES string of the molecule is CCOC(=O)c1oc2ccccc2c1OS(=O)(=O)C(F)(F)F. The predicted molar refractivity (Wildman–Crippen MR) is 67.8 cm³/mol. The van der Waals surface area contributed by atoms with E-state index in [1.807, 2.05) is 0 Å². The number of hydrogen-bond donors (Lipinski definition) is 0. The smallest absolute Gasteiger partial charge is 0.460 e. The molecule has 0 N–H and O–H groups in total. The van der Waals surface area contributed by atoms with Crippen LogP contribution in [0.1, 0.15) is 17.5 Å². The minimum Gasteiger partial charge on any atom is -0.460 e. The van der Waals surface area contributed by atoms with Crippen molar-refractivity contribution in [1.82, 2.24) is 0 Å². The molecular formula is C12H9F3O6S. The Morgan fingerprint density at radius 1 is 1.27 bits per heavy atom. The molecule has 10 heteroatoms. The van der Waals surface area contributed by atoms with E-state index in [9.17, 15) is 26.4 Å². The number of rotatable bonds is 4. The number of halogens is 3. The van der Waals surface area contributed by atoms with E-state index in [4.69, 9.17) is 4.42 Å². The van der Waals surface area contributed by atoms with Gasteiger partial charge in [0.1, 0.15) is 5.58 Å². The average molecular weight is 338 g/mol. The number of hydrogen-bond acceptors (Lipinski definition) is 6. The molecule has 0 fully saturated rings. The minimum absolute atomic E-state index is 0.0158. The van der Waals surface area contributed by atoms with Crippen LogP contribution in [0.25, 0.3) is 11.0 Å². The second-order valence-electron chi connectivity index (χ2n) is 3.96. The molecule has 6 nitrogen and oxygen atoms in total. The fraction of sp³-hybridized carbons (Fsp3) is 0.250. The van der Waals surface area contributed by atoms with Crippen LogP contribution in [-0.4, -0.2) is 26.5 Å². The summed E-state index contributed by atoms with van der Waals surface area (Å²) in [6.45, 7) is 1.38. The fourth-order valence-electron chi connectivity index (χ4n) is 1.59. The summed E-state index contributed by atoms with van der Waals surface area (Å²) in [7, 11) is -5.95. The quantitative estimate of drug-likeness (QED) is 0.484. The molecule has 0 bridgehead atoms. The van der Waals surface area contributed by atoms with Crippen molar-refractivity contribution in [3.63, 3.8) is 0 Å². The van der Waals surface area contributed by atoms with Crippen LogP contribution in [0, 0.1) is 0 Å². The van der Waals surface area contributed by atoms with Crippen LogP contribution in [0.3, 0.4) is 0 Å². The third kappa shape index (κ3) is 2.86. The Bertz CT molecular complexity index is 806. The highest BCUT2D eigenvalue weighted by Crippen LogP contribution is 2.37. The summed E-state index contributed by atoms with van der Waals surface area (Å²) in [5.41, 5.74) is -5.66. The van der Waals surface area contributed by atoms with Crippen molar-refractivity contribution >= 4 is 27.1 Å². The lowest BCUT2D eigenvalue weighted by molar-refractivity contribution is -0.0500. The number of ether oxygens (including phenoxy) is 1. The zero-order valence-corrected chi connectivity index (χ0v) is 11.8. The lowest BCUT2D eigenvalue weighted by Crippen LogP contribution is -2.28. The maximum Gasteiger partial charge on any atom is 0.534 e. The van der Waals surface area contributed by atoms with Gasteiger partial charge in [0, 0.05) is 0 Å². The first kappa shape index (κ1) is 16.1. The van der Waals surface area contributed by atoms with Crippen molar-refractivity contribution in [2.24, 2.45) is 0 Å². The Balaban J connectivity index is 2.60. The van der Waals surface area contributed by atoms with Gasteiger partial charge in [0.25, 0.3) is 5.76 Å². The predicted octanol–water partition coefficient (Wildman–Crippen LogP) is 2.84. The summed E-state index contributed by atoms with van der Waals surface area (Å²) >= 11 is 0. The van der Waals surface area contributed by atoms with E-state index in [1.54, 1.807) is 0 Å². The summed E-state index contributed by atoms with van der Waals surface area (Å²) in [6, 6.07) is 5.50. The van der Waals surface area contributed by atoms with Gasteiger partial charge < -0.3 is 13.3 Å². The number of carbonyl (C=O) groups excluding carboxylic acids is 1. The molecule has 0 aliphatic heterocycles. The third-order valence-electron chi connectivity index (χ3n) is 2.49. The molecular weight excluding hydrogens is 329 g/mol. The summed E-state index contributed by atoms with van der Waals surface area (Å²) in [4.78, 5) is 11.7. The van der Waals surface area contributed by atoms with E-state index >= 15 is 0 Å². The van der Waals surface area contributed by atoms with E-state index < -0.39 is 33.1 Å². The van der Waals surface area contributed by atoms with Crippen LogP contribution in [-0.2, 0) is 14.9 Å². The molecule has 0 spiro atoms. The molecule has 1 aromatic carbocycles. The van der Waals surface area contributed by atoms with Crippen LogP contribution in [0.2, 0.25) is 0 Å². The molecule has 2 aromatic rings. The van der Waals surface area contributed by atoms with E-state index in [1.165, 1.54) is 31.2 Å². The van der Waals surface area contributed by atoms with Gasteiger partial charge in [-0.1, -0.05) is 12.1 Å². The molecule has 0 unspecified atom stereocenters. The topological polar surface area (TPSA) is 82.8 Å². The molecule has 0 aliphatic carbocycles. The summed E-state index contributed by atoms with van der Waals surface area (Å²) in [5.74, 6) is -2.74. The molecule has 0 amide bonds. The van der Waals surface area contributed by atoms with Crippen molar-refractivity contribution in [1.29, 1.82) is 0 Å². The first-order valence-corrected chi connectivity index (χ1v) is 7.27. The highest BCUT2D eigenvalue weighted by atomic mass is 32.2. The van der Waals surface area contributed by atoms with Crippen molar-refractivity contribution in [2.45, 2.75) is 12.4 Å². The highest BCUT2D eigenvalue weighted by Gasteiger charge is 2.49. The molecule has 1 aromatic heterocycles. The maximum atomic E-state index is 12.4. The van der Waals surface area contributed by atoms with Crippen molar-refractivity contribution in [3.05, 3.63) is 30.0 Å². The molecule has 1 heterocycles. The Morgan fingerprint density at radius 2 is 1.91 bits per heavy atom. The molecule has 0 saturated carbocycles. The Morgan fingerprint density at radius 3 is 2.50 bits per heavy atom. The van der Waals surface area contributed by atoms with Crippen LogP contribution >= 0.6 is 0 Å². The van der Waals surface area contributed by atoms with Crippen LogP contribution < -0.4 is 4.18 Å². The fourth-order valence-corrected chi connectivity index (χ4v) is 2.07. The zero-order valence-electron chi connectivity index (χ0n) is 11.0. The average Bonchev–Trinajstić information content (AvgIpc) is 2.76. The lowest BCUT2D eigenvalue weighted by Gasteiger charge is -2.09. The van der Waals surface area contributed by atoms with Gasteiger partial charge in [-0.3, -0.25) is 0 Å². The Labute approximate surface area is 122 Å². The molecule has 0 atom stereocenters. The second-order valence-corrected chi connectivity index (χ2v) is 5.50. The first-order chi connectivity index (χ1) is 10.2. The Hall–Kier alpha value is -2.23. The van der Waals surface area contributed by atoms with Gasteiger partial charge in [0.15, 0.2) is 0 Å². The molecule has 0 radical (unpaired) electrons. The van der Waals surface area contributed by atoms with Gasteiger partial charge in [0.2, 0.25) is 5.75 Å². The normalized spacial score (nSPS) is 12.4. The molecule has 0 aliphatic rings. The van der Waals surface area contributed by atoms with Gasteiger partial charge in [0.05, 0.1) is 12.0 Å². The molecule has 120 valence electrons. The standard InChI is InChI=1S/C12H9F3O6S/c1-2-19-11(16)10-9(21-22(17,18)12(13,14)15)7-5-3-4-6-8(7)20-10/h3-6H,2H2,1H3. The summed E-state index contributed by atoms with van der Waals surface area (Å²) in [6.07, 6.45) is 0. The number of fused-ring (bicyclic) bond motifs is 1. The number of para-hydroxylation sites is 1. The number of alkyl halides is 3. The molecule has 22 heavy (non-hydrogen) atoms. The van der Waals surface area contributed by atoms with Crippen LogP contribution in [0.5, 0.6) is 5.75 Å². The number of carbonyl (C=O) groups is 1. The maximum absolute atomic E-state index is 12.4. The van der Waals surface area contributed by atoms with Crippen molar-refractivity contribution in [2.75, 3.05) is 6.61 Å². The van der Waals surface area contributed by atoms with Crippen molar-refractivity contribution in [3.8, 4) is 5.75 Å². The second kappa shape index (κ2) is 5.52. The van der Waals surface area contributed by atoms with E-state index in [0.717, 1.165) is 0 Å². The van der Waals surface area contributed by atoms with E-state index in [-0.39, 0.29) is 17.6 Å². The van der Waals surface area contributed by atoms with Crippen molar-refractivity contribution < 1.29 is 39.7 Å². The third-order valence-corrected chi connectivity index (χ3v) is 3.44. The van der Waals surface area contributed by atoms with Crippen LogP contribution in [0.4, 0.5) is 13.2 Å². The van der Waals surface area contributed by atoms with E-state index in [2.05, 4.69) is 8.92 Å². The molecule has 2 rings (SSSR count). The Kier molecular flexibility index (Phi) is 4.05. The molecule has 0 saturated heterocycles. The number of benzene rings is 1. The monoisotopic (exact) mass is 338 g/mol. The van der Waals surface area contributed by atoms with Gasteiger partial charge in [-0.25, -0.2) is 4.79 Å². The number of esters is 1. The first-order valence-electron chi connectivity index (χ1n) is 5.86. The largest absolute Gasteiger partial charge is 0.534 e. The highest BCUT2D eigenvalue weighted by molar-refractivity contribution is 7.88. The van der Waals surface area contributed by atoms with Gasteiger partial charge in [-0.05, 0) is 19.1 Å². The number of furan rings is 1. The van der Waals surface area contributed by atoms with Crippen LogP contribution in [0.15, 0.2) is 28.7 Å². The lowest BCUT2D eigenvalue weighted by atomic mass is 10.2. The van der Waals surface area contributed by atoms with Gasteiger partial charge >= 0.3 is 21.6 Å². The van der Waals surface area contributed by atoms with Gasteiger partial charge in [-0.2, -0.15) is 21.6 Å². The summed E-state index contributed by atoms with van der Waals surface area (Å²) in [5, 5.41) is -0.0987. The van der Waals surface area contributed by atoms with Gasteiger partial charge in [-0.15, -0.1) is 0 Å². The summed E-state index contributed by atoms with van der Waals surface area (Å²) < 4.78 is 73.4.